The number of amides is 1. The van der Waals surface area contributed by atoms with Crippen molar-refractivity contribution in [3.8, 4) is 0 Å². The van der Waals surface area contributed by atoms with Gasteiger partial charge in [-0.05, 0) is 18.6 Å². The van der Waals surface area contributed by atoms with Crippen LogP contribution in [0.1, 0.15) is 23.7 Å². The molecule has 1 fully saturated rings. The van der Waals surface area contributed by atoms with E-state index in [1.165, 1.54) is 25.1 Å². The zero-order chi connectivity index (χ0) is 15.9. The van der Waals surface area contributed by atoms with E-state index in [2.05, 4.69) is 15.5 Å². The molecule has 1 aromatic rings. The topological polar surface area (TPSA) is 61.4 Å². The number of benzene rings is 1. The Morgan fingerprint density at radius 3 is 2.73 bits per heavy atom. The van der Waals surface area contributed by atoms with Crippen molar-refractivity contribution < 1.29 is 14.0 Å². The smallest absolute Gasteiger partial charge is 0.217 e. The summed E-state index contributed by atoms with van der Waals surface area (Å²) < 4.78 is 13.3. The van der Waals surface area contributed by atoms with Crippen LogP contribution in [0.25, 0.3) is 0 Å². The summed E-state index contributed by atoms with van der Waals surface area (Å²) in [6.07, 6.45) is 0.523. The van der Waals surface area contributed by atoms with Crippen molar-refractivity contribution in [3.05, 3.63) is 35.6 Å². The summed E-state index contributed by atoms with van der Waals surface area (Å²) >= 11 is 0. The van der Waals surface area contributed by atoms with E-state index in [0.717, 1.165) is 32.7 Å². The summed E-state index contributed by atoms with van der Waals surface area (Å²) in [5.41, 5.74) is 0.291. The maximum absolute atomic E-state index is 13.3. The third-order valence-corrected chi connectivity index (χ3v) is 3.75. The second-order valence-corrected chi connectivity index (χ2v) is 5.51. The Morgan fingerprint density at radius 2 is 2.09 bits per heavy atom. The predicted molar refractivity (Wildman–Crippen MR) is 82.3 cm³/mol. The molecule has 0 bridgehead atoms. The molecule has 0 aromatic heterocycles. The number of hydrogen-bond acceptors (Lipinski definition) is 4. The lowest BCUT2D eigenvalue weighted by atomic mass is 10.0. The second-order valence-electron chi connectivity index (χ2n) is 5.51. The van der Waals surface area contributed by atoms with Crippen LogP contribution in [0, 0.1) is 5.82 Å². The number of carbonyl (C=O) groups is 2. The average molecular weight is 307 g/mol. The van der Waals surface area contributed by atoms with Crippen molar-refractivity contribution in [2.45, 2.75) is 19.4 Å². The number of hydrogen-bond donors (Lipinski definition) is 2. The van der Waals surface area contributed by atoms with Crippen molar-refractivity contribution >= 4 is 11.7 Å². The van der Waals surface area contributed by atoms with Gasteiger partial charge < -0.3 is 15.5 Å². The van der Waals surface area contributed by atoms with Gasteiger partial charge in [-0.25, -0.2) is 4.39 Å². The highest BCUT2D eigenvalue weighted by molar-refractivity contribution is 6.01. The maximum atomic E-state index is 13.3. The molecule has 1 aromatic carbocycles. The first-order valence-electron chi connectivity index (χ1n) is 7.56. The molecule has 5 nitrogen and oxygen atoms in total. The van der Waals surface area contributed by atoms with Gasteiger partial charge in [0, 0.05) is 45.2 Å². The van der Waals surface area contributed by atoms with E-state index < -0.39 is 11.9 Å². The van der Waals surface area contributed by atoms with Crippen LogP contribution in [0.15, 0.2) is 24.3 Å². The van der Waals surface area contributed by atoms with E-state index >= 15 is 0 Å². The molecule has 120 valence electrons. The van der Waals surface area contributed by atoms with Gasteiger partial charge in [0.25, 0.3) is 0 Å². The van der Waals surface area contributed by atoms with Gasteiger partial charge in [0.1, 0.15) is 5.82 Å². The van der Waals surface area contributed by atoms with Gasteiger partial charge in [0.15, 0.2) is 5.78 Å². The lowest BCUT2D eigenvalue weighted by Gasteiger charge is -2.28. The van der Waals surface area contributed by atoms with Crippen LogP contribution in [-0.4, -0.2) is 55.4 Å². The number of nitrogens with zero attached hydrogens (tertiary/aromatic N) is 1. The molecular weight excluding hydrogens is 285 g/mol. The molecule has 0 aliphatic carbocycles. The van der Waals surface area contributed by atoms with Crippen molar-refractivity contribution in [1.29, 1.82) is 0 Å². The SMILES string of the molecule is CC(=O)NC(CCN1CCNCC1)C(=O)c1cccc(F)c1. The van der Waals surface area contributed by atoms with E-state index in [4.69, 9.17) is 0 Å². The molecule has 1 heterocycles. The summed E-state index contributed by atoms with van der Waals surface area (Å²) in [5, 5.41) is 5.95. The van der Waals surface area contributed by atoms with Crippen molar-refractivity contribution in [3.63, 3.8) is 0 Å². The summed E-state index contributed by atoms with van der Waals surface area (Å²) in [4.78, 5) is 26.1. The monoisotopic (exact) mass is 307 g/mol. The molecule has 1 aliphatic heterocycles. The fourth-order valence-corrected chi connectivity index (χ4v) is 2.60. The van der Waals surface area contributed by atoms with Gasteiger partial charge in [-0.2, -0.15) is 0 Å². The molecule has 0 spiro atoms. The first-order valence-corrected chi connectivity index (χ1v) is 7.56. The molecule has 0 saturated carbocycles. The quantitative estimate of drug-likeness (QED) is 0.764. The highest BCUT2D eigenvalue weighted by atomic mass is 19.1. The van der Waals surface area contributed by atoms with Crippen molar-refractivity contribution in [1.82, 2.24) is 15.5 Å². The van der Waals surface area contributed by atoms with Crippen LogP contribution in [0.3, 0.4) is 0 Å². The van der Waals surface area contributed by atoms with E-state index in [9.17, 15) is 14.0 Å². The summed E-state index contributed by atoms with van der Waals surface area (Å²) in [7, 11) is 0. The normalized spacial score (nSPS) is 17.0. The van der Waals surface area contributed by atoms with E-state index in [-0.39, 0.29) is 11.7 Å². The van der Waals surface area contributed by atoms with E-state index in [1.54, 1.807) is 6.07 Å². The molecule has 1 aliphatic rings. The van der Waals surface area contributed by atoms with Crippen LogP contribution < -0.4 is 10.6 Å². The van der Waals surface area contributed by atoms with Crippen LogP contribution in [0.2, 0.25) is 0 Å². The minimum Gasteiger partial charge on any atom is -0.346 e. The Kier molecular flexibility index (Phi) is 6.03. The third-order valence-electron chi connectivity index (χ3n) is 3.75. The van der Waals surface area contributed by atoms with Gasteiger partial charge in [-0.1, -0.05) is 12.1 Å². The number of nitrogens with one attached hydrogen (secondary N) is 2. The highest BCUT2D eigenvalue weighted by Crippen LogP contribution is 2.10. The zero-order valence-corrected chi connectivity index (χ0v) is 12.8. The minimum absolute atomic E-state index is 0.246. The average Bonchev–Trinajstić information content (AvgIpc) is 2.51. The molecule has 0 radical (unpaired) electrons. The zero-order valence-electron chi connectivity index (χ0n) is 12.8. The van der Waals surface area contributed by atoms with E-state index in [1.807, 2.05) is 0 Å². The Hall–Kier alpha value is -1.79. The predicted octanol–water partition coefficient (Wildman–Crippen LogP) is 0.808. The molecule has 1 saturated heterocycles. The minimum atomic E-state index is -0.616. The van der Waals surface area contributed by atoms with Crippen LogP contribution in [0.5, 0.6) is 0 Å². The largest absolute Gasteiger partial charge is 0.346 e. The maximum Gasteiger partial charge on any atom is 0.217 e. The number of ketones is 1. The number of rotatable bonds is 6. The van der Waals surface area contributed by atoms with Crippen LogP contribution in [0.4, 0.5) is 4.39 Å². The van der Waals surface area contributed by atoms with Crippen LogP contribution >= 0.6 is 0 Å². The highest BCUT2D eigenvalue weighted by Gasteiger charge is 2.22. The van der Waals surface area contributed by atoms with E-state index in [0.29, 0.717) is 12.0 Å². The van der Waals surface area contributed by atoms with Gasteiger partial charge >= 0.3 is 0 Å². The number of Topliss-reactive ketones (excluding diaryl/α,β-unsaturated/α-hetero) is 1. The lowest BCUT2D eigenvalue weighted by Crippen LogP contribution is -2.47. The molecule has 1 unspecified atom stereocenters. The third kappa shape index (κ3) is 4.89. The Morgan fingerprint density at radius 1 is 1.36 bits per heavy atom. The number of carbonyl (C=O) groups excluding carboxylic acids is 2. The molecule has 6 heteroatoms. The fraction of sp³-hybridized carbons (Fsp3) is 0.500. The fourth-order valence-electron chi connectivity index (χ4n) is 2.60. The first kappa shape index (κ1) is 16.6. The van der Waals surface area contributed by atoms with Crippen LogP contribution in [-0.2, 0) is 4.79 Å². The Balaban J connectivity index is 2.01. The van der Waals surface area contributed by atoms with Gasteiger partial charge in [-0.15, -0.1) is 0 Å². The second kappa shape index (κ2) is 8.00. The standard InChI is InChI=1S/C16H22FN3O2/c1-12(21)19-15(5-8-20-9-6-18-7-10-20)16(22)13-3-2-4-14(17)11-13/h2-4,11,15,18H,5-10H2,1H3,(H,19,21). The van der Waals surface area contributed by atoms with Crippen molar-refractivity contribution in [2.75, 3.05) is 32.7 Å². The molecule has 2 N–H and O–H groups in total. The Bertz CT molecular complexity index is 530. The molecule has 1 amide bonds. The van der Waals surface area contributed by atoms with Gasteiger partial charge in [0.2, 0.25) is 5.91 Å². The number of piperazine rings is 1. The van der Waals surface area contributed by atoms with Gasteiger partial charge in [0.05, 0.1) is 6.04 Å². The molecule has 1 atom stereocenters. The number of halogens is 1. The lowest BCUT2D eigenvalue weighted by molar-refractivity contribution is -0.119. The summed E-state index contributed by atoms with van der Waals surface area (Å²) in [6, 6.07) is 4.97. The Labute approximate surface area is 129 Å². The summed E-state index contributed by atoms with van der Waals surface area (Å²) in [6.45, 7) is 5.84. The summed E-state index contributed by atoms with van der Waals surface area (Å²) in [5.74, 6) is -0.950. The first-order chi connectivity index (χ1) is 10.6. The van der Waals surface area contributed by atoms with Crippen molar-refractivity contribution in [2.24, 2.45) is 0 Å². The molecule has 22 heavy (non-hydrogen) atoms. The van der Waals surface area contributed by atoms with Gasteiger partial charge in [-0.3, -0.25) is 9.59 Å². The molecule has 2 rings (SSSR count). The molecular formula is C16H22FN3O2.